The van der Waals surface area contributed by atoms with Crippen molar-refractivity contribution < 1.29 is 0 Å². The highest BCUT2D eigenvalue weighted by Crippen LogP contribution is 2.18. The Hall–Kier alpha value is -2.07. The van der Waals surface area contributed by atoms with Crippen molar-refractivity contribution in [2.45, 2.75) is 6.42 Å². The number of halogens is 1. The molecule has 0 unspecified atom stereocenters. The van der Waals surface area contributed by atoms with Crippen molar-refractivity contribution in [3.05, 3.63) is 59.0 Å². The zero-order chi connectivity index (χ0) is 12.5. The molecule has 0 fully saturated rings. The number of pyridine rings is 1. The van der Waals surface area contributed by atoms with Crippen molar-refractivity contribution >= 4 is 22.9 Å². The Labute approximate surface area is 109 Å². The molecule has 0 aliphatic carbocycles. The number of rotatable bonds is 2. The largest absolute Gasteiger partial charge is 0.397 e. The molecule has 0 saturated carbocycles. The summed E-state index contributed by atoms with van der Waals surface area (Å²) in [5.41, 5.74) is 8.16. The lowest BCUT2D eigenvalue weighted by molar-refractivity contribution is 0.901. The summed E-state index contributed by atoms with van der Waals surface area (Å²) in [7, 11) is 0. The minimum absolute atomic E-state index is 0.612. The summed E-state index contributed by atoms with van der Waals surface area (Å²) < 4.78 is 1.68. The lowest BCUT2D eigenvalue weighted by Gasteiger charge is -1.99. The lowest BCUT2D eigenvalue weighted by Crippen LogP contribution is -1.94. The van der Waals surface area contributed by atoms with E-state index in [1.807, 2.05) is 36.4 Å². The molecule has 1 aromatic carbocycles. The first kappa shape index (κ1) is 11.0. The van der Waals surface area contributed by atoms with E-state index in [9.17, 15) is 0 Å². The van der Waals surface area contributed by atoms with Crippen LogP contribution in [0.1, 0.15) is 11.4 Å². The first-order valence-electron chi connectivity index (χ1n) is 5.56. The number of benzene rings is 1. The van der Waals surface area contributed by atoms with E-state index in [1.54, 1.807) is 10.7 Å². The monoisotopic (exact) mass is 258 g/mol. The van der Waals surface area contributed by atoms with E-state index < -0.39 is 0 Å². The van der Waals surface area contributed by atoms with Gasteiger partial charge in [-0.05, 0) is 23.8 Å². The van der Waals surface area contributed by atoms with Crippen LogP contribution in [-0.2, 0) is 6.42 Å². The van der Waals surface area contributed by atoms with E-state index in [0.29, 0.717) is 12.1 Å². The average molecular weight is 259 g/mol. The van der Waals surface area contributed by atoms with Crippen LogP contribution in [0.3, 0.4) is 0 Å². The molecule has 3 rings (SSSR count). The predicted octanol–water partition coefficient (Wildman–Crippen LogP) is 2.56. The number of anilines is 1. The maximum Gasteiger partial charge on any atom is 0.156 e. The van der Waals surface area contributed by atoms with Crippen LogP contribution in [0, 0.1) is 0 Å². The second-order valence-electron chi connectivity index (χ2n) is 4.06. The minimum atomic E-state index is 0.612. The van der Waals surface area contributed by atoms with E-state index in [0.717, 1.165) is 22.1 Å². The summed E-state index contributed by atoms with van der Waals surface area (Å²) in [4.78, 5) is 4.43. The van der Waals surface area contributed by atoms with Crippen molar-refractivity contribution in [3.8, 4) is 0 Å². The third-order valence-electron chi connectivity index (χ3n) is 2.70. The van der Waals surface area contributed by atoms with Crippen molar-refractivity contribution in [1.82, 2.24) is 14.6 Å². The van der Waals surface area contributed by atoms with Gasteiger partial charge in [0.25, 0.3) is 0 Å². The Morgan fingerprint density at radius 1 is 1.17 bits per heavy atom. The molecule has 4 nitrogen and oxygen atoms in total. The van der Waals surface area contributed by atoms with Gasteiger partial charge in [-0.15, -0.1) is 0 Å². The van der Waals surface area contributed by atoms with E-state index in [-0.39, 0.29) is 0 Å². The normalized spacial score (nSPS) is 10.9. The molecule has 0 bridgehead atoms. The van der Waals surface area contributed by atoms with E-state index in [4.69, 9.17) is 17.3 Å². The van der Waals surface area contributed by atoms with Crippen LogP contribution in [0.25, 0.3) is 5.65 Å². The molecule has 5 heteroatoms. The van der Waals surface area contributed by atoms with Gasteiger partial charge in [0.1, 0.15) is 0 Å². The van der Waals surface area contributed by atoms with E-state index >= 15 is 0 Å². The van der Waals surface area contributed by atoms with Gasteiger partial charge in [-0.2, -0.15) is 5.10 Å². The SMILES string of the molecule is Nc1ccc2nc(Cc3ccccc3Cl)nn2c1. The molecule has 2 heterocycles. The second-order valence-corrected chi connectivity index (χ2v) is 4.47. The Bertz CT molecular complexity index is 705. The summed E-state index contributed by atoms with van der Waals surface area (Å²) in [6.07, 6.45) is 2.36. The van der Waals surface area contributed by atoms with Gasteiger partial charge in [-0.25, -0.2) is 9.50 Å². The molecule has 3 aromatic rings. The van der Waals surface area contributed by atoms with Gasteiger partial charge in [0.05, 0.1) is 11.9 Å². The smallest absolute Gasteiger partial charge is 0.156 e. The fourth-order valence-electron chi connectivity index (χ4n) is 1.83. The maximum absolute atomic E-state index is 6.12. The molecular formula is C13H11ClN4. The molecule has 0 amide bonds. The molecule has 0 saturated heterocycles. The lowest BCUT2D eigenvalue weighted by atomic mass is 10.1. The van der Waals surface area contributed by atoms with Crippen molar-refractivity contribution in [1.29, 1.82) is 0 Å². The highest BCUT2D eigenvalue weighted by atomic mass is 35.5. The number of nitrogen functional groups attached to an aromatic ring is 1. The van der Waals surface area contributed by atoms with E-state index in [2.05, 4.69) is 10.1 Å². The van der Waals surface area contributed by atoms with Gasteiger partial charge in [0.15, 0.2) is 11.5 Å². The molecule has 0 atom stereocenters. The summed E-state index contributed by atoms with van der Waals surface area (Å²) in [5.74, 6) is 0.730. The Morgan fingerprint density at radius 2 is 2.00 bits per heavy atom. The summed E-state index contributed by atoms with van der Waals surface area (Å²) in [6, 6.07) is 11.4. The number of aromatic nitrogens is 3. The first-order valence-corrected chi connectivity index (χ1v) is 5.94. The highest BCUT2D eigenvalue weighted by molar-refractivity contribution is 6.31. The van der Waals surface area contributed by atoms with Crippen LogP contribution in [0.2, 0.25) is 5.02 Å². The zero-order valence-electron chi connectivity index (χ0n) is 9.55. The van der Waals surface area contributed by atoms with Crippen LogP contribution < -0.4 is 5.73 Å². The fraction of sp³-hybridized carbons (Fsp3) is 0.0769. The quantitative estimate of drug-likeness (QED) is 0.769. The van der Waals surface area contributed by atoms with Gasteiger partial charge in [-0.1, -0.05) is 29.8 Å². The number of hydrogen-bond donors (Lipinski definition) is 1. The van der Waals surface area contributed by atoms with Crippen LogP contribution in [0.5, 0.6) is 0 Å². The molecular weight excluding hydrogens is 248 g/mol. The molecule has 0 aliphatic heterocycles. The molecule has 0 radical (unpaired) electrons. The molecule has 18 heavy (non-hydrogen) atoms. The van der Waals surface area contributed by atoms with Gasteiger partial charge >= 0.3 is 0 Å². The zero-order valence-corrected chi connectivity index (χ0v) is 10.3. The molecule has 0 spiro atoms. The van der Waals surface area contributed by atoms with Gasteiger partial charge in [-0.3, -0.25) is 0 Å². The number of nitrogens with two attached hydrogens (primary N) is 1. The topological polar surface area (TPSA) is 56.2 Å². The van der Waals surface area contributed by atoms with Crippen molar-refractivity contribution in [2.75, 3.05) is 5.73 Å². The first-order chi connectivity index (χ1) is 8.72. The van der Waals surface area contributed by atoms with Crippen LogP contribution in [0.4, 0.5) is 5.69 Å². The Kier molecular flexibility index (Phi) is 2.64. The van der Waals surface area contributed by atoms with Gasteiger partial charge < -0.3 is 5.73 Å². The molecule has 2 N–H and O–H groups in total. The maximum atomic E-state index is 6.12. The Balaban J connectivity index is 1.98. The number of hydrogen-bond acceptors (Lipinski definition) is 3. The standard InChI is InChI=1S/C13H11ClN4/c14-11-4-2-1-3-9(11)7-12-16-13-6-5-10(15)8-18(13)17-12/h1-6,8H,7,15H2. The molecule has 0 aliphatic rings. The van der Waals surface area contributed by atoms with Crippen LogP contribution in [0.15, 0.2) is 42.6 Å². The summed E-state index contributed by atoms with van der Waals surface area (Å²) in [5, 5.41) is 5.11. The fourth-order valence-corrected chi connectivity index (χ4v) is 2.03. The second kappa shape index (κ2) is 4.31. The number of fused-ring (bicyclic) bond motifs is 1. The van der Waals surface area contributed by atoms with Crippen LogP contribution >= 0.6 is 11.6 Å². The van der Waals surface area contributed by atoms with Gasteiger partial charge in [0, 0.05) is 11.4 Å². The summed E-state index contributed by atoms with van der Waals surface area (Å²) in [6.45, 7) is 0. The predicted molar refractivity (Wildman–Crippen MR) is 71.7 cm³/mol. The molecule has 2 aromatic heterocycles. The number of nitrogens with zero attached hydrogens (tertiary/aromatic N) is 3. The third-order valence-corrected chi connectivity index (χ3v) is 3.07. The van der Waals surface area contributed by atoms with Crippen molar-refractivity contribution in [2.24, 2.45) is 0 Å². The van der Waals surface area contributed by atoms with Gasteiger partial charge in [0.2, 0.25) is 0 Å². The van der Waals surface area contributed by atoms with E-state index in [1.165, 1.54) is 0 Å². The van der Waals surface area contributed by atoms with Crippen molar-refractivity contribution in [3.63, 3.8) is 0 Å². The Morgan fingerprint density at radius 3 is 2.83 bits per heavy atom. The average Bonchev–Trinajstić information content (AvgIpc) is 2.73. The highest BCUT2D eigenvalue weighted by Gasteiger charge is 2.07. The minimum Gasteiger partial charge on any atom is -0.397 e. The third kappa shape index (κ3) is 2.02. The van der Waals surface area contributed by atoms with Crippen LogP contribution in [-0.4, -0.2) is 14.6 Å². The molecule has 90 valence electrons. The summed E-state index contributed by atoms with van der Waals surface area (Å²) >= 11 is 6.12.